The van der Waals surface area contributed by atoms with E-state index in [1.807, 2.05) is 36.4 Å². The van der Waals surface area contributed by atoms with Gasteiger partial charge in [0.1, 0.15) is 0 Å². The maximum atomic E-state index is 14.2. The second-order valence-electron chi connectivity index (χ2n) is 12.8. The molecule has 1 saturated carbocycles. The zero-order valence-electron chi connectivity index (χ0n) is 22.6. The summed E-state index contributed by atoms with van der Waals surface area (Å²) in [5, 5.41) is 20.7. The third kappa shape index (κ3) is 5.63. The van der Waals surface area contributed by atoms with E-state index in [4.69, 9.17) is 11.6 Å². The van der Waals surface area contributed by atoms with Crippen molar-refractivity contribution in [1.29, 1.82) is 0 Å². The zero-order chi connectivity index (χ0) is 27.1. The molecule has 2 heterocycles. The molecule has 4 N–H and O–H groups in total. The van der Waals surface area contributed by atoms with Gasteiger partial charge in [0.2, 0.25) is 11.8 Å². The Morgan fingerprint density at radius 2 is 1.82 bits per heavy atom. The quantitative estimate of drug-likeness (QED) is 0.408. The van der Waals surface area contributed by atoms with Gasteiger partial charge in [0.15, 0.2) is 0 Å². The van der Waals surface area contributed by atoms with Crippen molar-refractivity contribution < 1.29 is 14.7 Å². The van der Waals surface area contributed by atoms with Gasteiger partial charge in [-0.1, -0.05) is 68.8 Å². The molecule has 2 aromatic carbocycles. The van der Waals surface area contributed by atoms with E-state index in [0.717, 1.165) is 36.1 Å². The van der Waals surface area contributed by atoms with Crippen molar-refractivity contribution in [2.45, 2.75) is 95.9 Å². The van der Waals surface area contributed by atoms with Crippen molar-refractivity contribution in [3.63, 3.8) is 0 Å². The summed E-state index contributed by atoms with van der Waals surface area (Å²) in [5.74, 6) is -0.611. The molecule has 2 fully saturated rings. The number of carbonyl (C=O) groups excluding carboxylic acids is 2. The number of aliphatic hydroxyl groups is 1. The number of fused-ring (bicyclic) bond motifs is 1. The van der Waals surface area contributed by atoms with Gasteiger partial charge in [-0.15, -0.1) is 0 Å². The average molecular weight is 538 g/mol. The van der Waals surface area contributed by atoms with Crippen LogP contribution in [0, 0.1) is 10.8 Å². The van der Waals surface area contributed by atoms with Crippen LogP contribution in [0.5, 0.6) is 0 Å². The third-order valence-corrected chi connectivity index (χ3v) is 8.80. The van der Waals surface area contributed by atoms with Crippen LogP contribution in [0.3, 0.4) is 0 Å². The maximum Gasteiger partial charge on any atom is 0.237 e. The Kier molecular flexibility index (Phi) is 7.60. The summed E-state index contributed by atoms with van der Waals surface area (Å²) in [6.45, 7) is 6.65. The van der Waals surface area contributed by atoms with Gasteiger partial charge < -0.3 is 21.1 Å². The van der Waals surface area contributed by atoms with Crippen LogP contribution < -0.4 is 16.0 Å². The monoisotopic (exact) mass is 537 g/mol. The Morgan fingerprint density at radius 1 is 1.11 bits per heavy atom. The fourth-order valence-electron chi connectivity index (χ4n) is 7.09. The van der Waals surface area contributed by atoms with E-state index in [2.05, 4.69) is 48.9 Å². The van der Waals surface area contributed by atoms with Gasteiger partial charge in [0.25, 0.3) is 0 Å². The first-order chi connectivity index (χ1) is 18.0. The molecule has 0 bridgehead atoms. The van der Waals surface area contributed by atoms with Gasteiger partial charge in [0, 0.05) is 28.2 Å². The predicted molar refractivity (Wildman–Crippen MR) is 151 cm³/mol. The maximum absolute atomic E-state index is 14.2. The number of anilines is 1. The molecule has 38 heavy (non-hydrogen) atoms. The molecule has 2 aliphatic heterocycles. The zero-order valence-corrected chi connectivity index (χ0v) is 23.4. The molecule has 4 atom stereocenters. The minimum atomic E-state index is -0.668. The molecule has 2 amide bonds. The third-order valence-electron chi connectivity index (χ3n) is 8.57. The van der Waals surface area contributed by atoms with E-state index < -0.39 is 17.4 Å². The van der Waals surface area contributed by atoms with Crippen LogP contribution in [0.25, 0.3) is 0 Å². The van der Waals surface area contributed by atoms with Gasteiger partial charge in [-0.3, -0.25) is 9.59 Å². The fraction of sp³-hybridized carbons (Fsp3) is 0.548. The first-order valence-electron chi connectivity index (χ1n) is 13.9. The van der Waals surface area contributed by atoms with E-state index in [1.165, 1.54) is 0 Å². The van der Waals surface area contributed by atoms with Gasteiger partial charge in [-0.05, 0) is 73.6 Å². The summed E-state index contributed by atoms with van der Waals surface area (Å²) >= 11 is 6.29. The van der Waals surface area contributed by atoms with Gasteiger partial charge in [0.05, 0.1) is 18.1 Å². The van der Waals surface area contributed by atoms with Crippen LogP contribution in [-0.2, 0) is 16.0 Å². The molecule has 204 valence electrons. The lowest BCUT2D eigenvalue weighted by atomic mass is 9.63. The van der Waals surface area contributed by atoms with Gasteiger partial charge in [-0.2, -0.15) is 0 Å². The summed E-state index contributed by atoms with van der Waals surface area (Å²) in [6, 6.07) is 15.4. The molecule has 5 rings (SSSR count). The Hall–Kier alpha value is -2.41. The Morgan fingerprint density at radius 3 is 2.50 bits per heavy atom. The van der Waals surface area contributed by atoms with E-state index in [-0.39, 0.29) is 35.4 Å². The Labute approximate surface area is 230 Å². The number of amides is 2. The standard InChI is InChI=1S/C31H40ClN3O3/c1-30(2,3)17-22-18-31(16-19-7-5-4-6-8-19,26-24-14-9-20(32)15-25(24)35-28(26)37)27(33-22)29(38)34-21-10-12-23(36)13-11-21/h4-9,14-15,21-23,26-27,33,36H,10-13,16-18H2,1-3H3,(H,34,38)(H,35,37)/t21?,22-,23?,26?,27-,31+/m0/s1. The van der Waals surface area contributed by atoms with Crippen molar-refractivity contribution in [3.8, 4) is 0 Å². The summed E-state index contributed by atoms with van der Waals surface area (Å²) in [5.41, 5.74) is 2.15. The van der Waals surface area contributed by atoms with Crippen LogP contribution in [0.4, 0.5) is 5.69 Å². The SMILES string of the molecule is CC(C)(C)C[C@H]1C[C@](Cc2ccccc2)(C2C(=O)Nc3cc(Cl)ccc32)[C@H](C(=O)NC2CCC(O)CC2)N1. The van der Waals surface area contributed by atoms with Crippen molar-refractivity contribution in [2.75, 3.05) is 5.32 Å². The number of nitrogens with one attached hydrogen (secondary N) is 3. The largest absolute Gasteiger partial charge is 0.393 e. The number of hydrogen-bond donors (Lipinski definition) is 4. The van der Waals surface area contributed by atoms with Crippen LogP contribution >= 0.6 is 11.6 Å². The van der Waals surface area contributed by atoms with Gasteiger partial charge >= 0.3 is 0 Å². The van der Waals surface area contributed by atoms with Crippen LogP contribution in [0.1, 0.15) is 76.3 Å². The first kappa shape index (κ1) is 27.2. The van der Waals surface area contributed by atoms with E-state index in [1.54, 1.807) is 0 Å². The molecular weight excluding hydrogens is 498 g/mol. The average Bonchev–Trinajstić information content (AvgIpc) is 3.36. The first-order valence-corrected chi connectivity index (χ1v) is 14.3. The molecule has 0 spiro atoms. The molecule has 3 aliphatic rings. The second-order valence-corrected chi connectivity index (χ2v) is 13.3. The highest BCUT2D eigenvalue weighted by Gasteiger charge is 2.59. The van der Waals surface area contributed by atoms with Crippen molar-refractivity contribution in [2.24, 2.45) is 10.8 Å². The highest BCUT2D eigenvalue weighted by molar-refractivity contribution is 6.31. The van der Waals surface area contributed by atoms with Crippen molar-refractivity contribution >= 4 is 29.1 Å². The molecule has 1 unspecified atom stereocenters. The van der Waals surface area contributed by atoms with Crippen molar-refractivity contribution in [3.05, 3.63) is 64.7 Å². The number of benzene rings is 2. The highest BCUT2D eigenvalue weighted by atomic mass is 35.5. The summed E-state index contributed by atoms with van der Waals surface area (Å²) in [6.07, 6.45) is 4.85. The molecule has 6 nitrogen and oxygen atoms in total. The van der Waals surface area contributed by atoms with E-state index >= 15 is 0 Å². The Balaban J connectivity index is 1.57. The highest BCUT2D eigenvalue weighted by Crippen LogP contribution is 2.54. The lowest BCUT2D eigenvalue weighted by Gasteiger charge is -2.40. The minimum absolute atomic E-state index is 0.0345. The molecule has 1 saturated heterocycles. The lowest BCUT2D eigenvalue weighted by Crippen LogP contribution is -2.56. The topological polar surface area (TPSA) is 90.5 Å². The molecule has 2 aromatic rings. The molecular formula is C31H40ClN3O3. The summed E-state index contributed by atoms with van der Waals surface area (Å²) in [4.78, 5) is 27.9. The van der Waals surface area contributed by atoms with Crippen molar-refractivity contribution in [1.82, 2.24) is 10.6 Å². The molecule has 0 aromatic heterocycles. The number of aliphatic hydroxyl groups excluding tert-OH is 1. The minimum Gasteiger partial charge on any atom is -0.393 e. The summed E-state index contributed by atoms with van der Waals surface area (Å²) < 4.78 is 0. The fourth-order valence-corrected chi connectivity index (χ4v) is 7.26. The van der Waals surface area contributed by atoms with E-state index in [9.17, 15) is 14.7 Å². The van der Waals surface area contributed by atoms with E-state index in [0.29, 0.717) is 30.7 Å². The molecule has 7 heteroatoms. The number of rotatable bonds is 6. The smallest absolute Gasteiger partial charge is 0.237 e. The number of halogens is 1. The predicted octanol–water partition coefficient (Wildman–Crippen LogP) is 5.19. The normalized spacial score (nSPS) is 31.1. The second kappa shape index (κ2) is 10.6. The molecule has 0 radical (unpaired) electrons. The Bertz CT molecular complexity index is 1170. The van der Waals surface area contributed by atoms with Crippen LogP contribution in [-0.4, -0.2) is 41.2 Å². The van der Waals surface area contributed by atoms with Crippen LogP contribution in [0.15, 0.2) is 48.5 Å². The molecule has 1 aliphatic carbocycles. The lowest BCUT2D eigenvalue weighted by molar-refractivity contribution is -0.128. The number of carbonyl (C=O) groups is 2. The number of hydrogen-bond acceptors (Lipinski definition) is 4. The summed E-state index contributed by atoms with van der Waals surface area (Å²) in [7, 11) is 0. The van der Waals surface area contributed by atoms with Gasteiger partial charge in [-0.25, -0.2) is 0 Å². The van der Waals surface area contributed by atoms with Crippen LogP contribution in [0.2, 0.25) is 5.02 Å².